The Morgan fingerprint density at radius 3 is 2.10 bits per heavy atom. The first kappa shape index (κ1) is 19.6. The average molecular weight is 284 g/mol. The maximum Gasteiger partial charge on any atom is 0.0394 e. The molecule has 0 aromatic rings. The molecule has 0 spiro atoms. The molecule has 0 heterocycles. The largest absolute Gasteiger partial charge is 0.297 e. The van der Waals surface area contributed by atoms with E-state index in [0.29, 0.717) is 6.04 Å². The minimum Gasteiger partial charge on any atom is -0.297 e. The van der Waals surface area contributed by atoms with Crippen molar-refractivity contribution in [3.63, 3.8) is 0 Å². The van der Waals surface area contributed by atoms with Crippen LogP contribution in [0.2, 0.25) is 0 Å². The third-order valence-corrected chi connectivity index (χ3v) is 4.87. The second-order valence-corrected chi connectivity index (χ2v) is 5.63. The van der Waals surface area contributed by atoms with E-state index in [1.54, 1.807) is 0 Å². The van der Waals surface area contributed by atoms with Crippen LogP contribution >= 0.6 is 0 Å². The van der Waals surface area contributed by atoms with E-state index in [4.69, 9.17) is 5.84 Å². The number of nitrogens with zero attached hydrogens (tertiary/aromatic N) is 1. The molecule has 0 aliphatic rings. The summed E-state index contributed by atoms with van der Waals surface area (Å²) in [6.45, 7) is 15.1. The van der Waals surface area contributed by atoms with Crippen molar-refractivity contribution in [1.29, 1.82) is 0 Å². The quantitative estimate of drug-likeness (QED) is 0.233. The van der Waals surface area contributed by atoms with Crippen LogP contribution in [-0.2, 0) is 0 Å². The number of allylic oxidation sites excluding steroid dienone is 1. The zero-order valence-corrected chi connectivity index (χ0v) is 14.3. The normalized spacial score (nSPS) is 13.7. The highest BCUT2D eigenvalue weighted by Crippen LogP contribution is 2.30. The molecule has 20 heavy (non-hydrogen) atoms. The molecule has 0 aliphatic carbocycles. The lowest BCUT2D eigenvalue weighted by atomic mass is 9.80. The fourth-order valence-corrected chi connectivity index (χ4v) is 3.58. The molecule has 120 valence electrons. The zero-order valence-electron chi connectivity index (χ0n) is 14.3. The number of unbranched alkanes of at least 4 members (excludes halogenated alkanes) is 3. The van der Waals surface area contributed by atoms with Crippen LogP contribution < -0.4 is 11.3 Å². The Bertz CT molecular complexity index is 232. The van der Waals surface area contributed by atoms with E-state index in [9.17, 15) is 0 Å². The van der Waals surface area contributed by atoms with Gasteiger partial charge in [-0.2, -0.15) is 0 Å². The predicted octanol–water partition coefficient (Wildman–Crippen LogP) is 3.86. The van der Waals surface area contributed by atoms with Crippen molar-refractivity contribution in [1.82, 2.24) is 10.3 Å². The van der Waals surface area contributed by atoms with Gasteiger partial charge in [0.1, 0.15) is 0 Å². The smallest absolute Gasteiger partial charge is 0.0394 e. The van der Waals surface area contributed by atoms with E-state index in [-0.39, 0.29) is 5.54 Å². The van der Waals surface area contributed by atoms with E-state index in [1.807, 2.05) is 6.08 Å². The lowest BCUT2D eigenvalue weighted by Gasteiger charge is -2.48. The van der Waals surface area contributed by atoms with E-state index < -0.39 is 0 Å². The van der Waals surface area contributed by atoms with Crippen LogP contribution in [0.4, 0.5) is 0 Å². The Hall–Kier alpha value is -0.380. The summed E-state index contributed by atoms with van der Waals surface area (Å²) in [5.74, 6) is 5.91. The molecule has 0 radical (unpaired) electrons. The third-order valence-electron chi connectivity index (χ3n) is 4.87. The number of likely N-dealkylation sites (N-methyl/N-ethyl adjacent to an activating group) is 1. The molecular weight excluding hydrogens is 246 g/mol. The molecule has 1 unspecified atom stereocenters. The number of hydrogen-bond acceptors (Lipinski definition) is 3. The van der Waals surface area contributed by atoms with Crippen molar-refractivity contribution in [3.8, 4) is 0 Å². The first-order valence-electron chi connectivity index (χ1n) is 8.48. The summed E-state index contributed by atoms with van der Waals surface area (Å²) < 4.78 is 0. The van der Waals surface area contributed by atoms with E-state index in [1.165, 1.54) is 19.3 Å². The van der Waals surface area contributed by atoms with E-state index in [2.05, 4.69) is 44.6 Å². The summed E-state index contributed by atoms with van der Waals surface area (Å²) in [4.78, 5) is 2.58. The molecule has 0 fully saturated rings. The average Bonchev–Trinajstić information content (AvgIpc) is 2.49. The first-order valence-corrected chi connectivity index (χ1v) is 8.48. The van der Waals surface area contributed by atoms with Crippen molar-refractivity contribution in [3.05, 3.63) is 12.7 Å². The van der Waals surface area contributed by atoms with Crippen LogP contribution in [0.1, 0.15) is 72.6 Å². The second kappa shape index (κ2) is 11.3. The Morgan fingerprint density at radius 1 is 1.10 bits per heavy atom. The maximum atomic E-state index is 5.91. The van der Waals surface area contributed by atoms with Crippen LogP contribution in [0.15, 0.2) is 12.7 Å². The van der Waals surface area contributed by atoms with Crippen LogP contribution in [0.3, 0.4) is 0 Å². The molecule has 1 atom stereocenters. The molecule has 0 aliphatic heterocycles. The van der Waals surface area contributed by atoms with Crippen molar-refractivity contribution < 1.29 is 0 Å². The van der Waals surface area contributed by atoms with Gasteiger partial charge in [0, 0.05) is 11.6 Å². The molecule has 0 bridgehead atoms. The second-order valence-electron chi connectivity index (χ2n) is 5.63. The monoisotopic (exact) mass is 283 g/mol. The molecule has 0 aromatic heterocycles. The molecule has 3 heteroatoms. The summed E-state index contributed by atoms with van der Waals surface area (Å²) in [6, 6.07) is 0.376. The number of rotatable bonds is 13. The fourth-order valence-electron chi connectivity index (χ4n) is 3.58. The summed E-state index contributed by atoms with van der Waals surface area (Å²) in [7, 11) is 0. The van der Waals surface area contributed by atoms with Gasteiger partial charge in [-0.05, 0) is 45.2 Å². The molecule has 3 nitrogen and oxygen atoms in total. The summed E-state index contributed by atoms with van der Waals surface area (Å²) >= 11 is 0. The third kappa shape index (κ3) is 5.19. The highest BCUT2D eigenvalue weighted by atomic mass is 15.3. The van der Waals surface area contributed by atoms with Gasteiger partial charge in [-0.1, -0.05) is 46.6 Å². The van der Waals surface area contributed by atoms with Gasteiger partial charge < -0.3 is 0 Å². The van der Waals surface area contributed by atoms with Gasteiger partial charge in [-0.25, -0.2) is 0 Å². The number of nitrogens with two attached hydrogens (primary N) is 1. The highest BCUT2D eigenvalue weighted by molar-refractivity contribution is 4.97. The molecule has 0 saturated carbocycles. The predicted molar refractivity (Wildman–Crippen MR) is 90.6 cm³/mol. The van der Waals surface area contributed by atoms with Crippen LogP contribution in [0, 0.1) is 0 Å². The number of nitrogens with one attached hydrogen (secondary N) is 1. The van der Waals surface area contributed by atoms with Gasteiger partial charge in [0.05, 0.1) is 0 Å². The minimum atomic E-state index is 0.191. The summed E-state index contributed by atoms with van der Waals surface area (Å²) in [5.41, 5.74) is 3.31. The van der Waals surface area contributed by atoms with Gasteiger partial charge in [0.25, 0.3) is 0 Å². The van der Waals surface area contributed by atoms with Gasteiger partial charge in [0.15, 0.2) is 0 Å². The molecule has 0 saturated heterocycles. The first-order chi connectivity index (χ1) is 9.66. The van der Waals surface area contributed by atoms with Crippen LogP contribution in [0.25, 0.3) is 0 Å². The Balaban J connectivity index is 4.69. The number of hydrazine groups is 1. The standard InChI is InChI=1S/C17H37N3/c1-6-11-12-13-14-15-16(19-18)17(7-2,8-3)20(9-4)10-5/h6,16,19H,1,7-15,18H2,2-5H3. The van der Waals surface area contributed by atoms with Gasteiger partial charge >= 0.3 is 0 Å². The number of hydrogen-bond donors (Lipinski definition) is 2. The van der Waals surface area contributed by atoms with Crippen molar-refractivity contribution >= 4 is 0 Å². The summed E-state index contributed by atoms with van der Waals surface area (Å²) in [6.07, 6.45) is 10.3. The van der Waals surface area contributed by atoms with Crippen molar-refractivity contribution in [2.75, 3.05) is 13.1 Å². The van der Waals surface area contributed by atoms with Gasteiger partial charge in [0.2, 0.25) is 0 Å². The Kier molecular flexibility index (Phi) is 11.1. The SMILES string of the molecule is C=CCCCCCC(NN)C(CC)(CC)N(CC)CC. The van der Waals surface area contributed by atoms with Crippen molar-refractivity contribution in [2.24, 2.45) is 5.84 Å². The minimum absolute atomic E-state index is 0.191. The lowest BCUT2D eigenvalue weighted by molar-refractivity contribution is 0.0451. The maximum absolute atomic E-state index is 5.91. The Morgan fingerprint density at radius 2 is 1.70 bits per heavy atom. The van der Waals surface area contributed by atoms with Gasteiger partial charge in [-0.15, -0.1) is 6.58 Å². The van der Waals surface area contributed by atoms with Crippen molar-refractivity contribution in [2.45, 2.75) is 84.2 Å². The molecular formula is C17H37N3. The lowest BCUT2D eigenvalue weighted by Crippen LogP contribution is -2.62. The molecule has 3 N–H and O–H groups in total. The topological polar surface area (TPSA) is 41.3 Å². The summed E-state index contributed by atoms with van der Waals surface area (Å²) in [5, 5.41) is 0. The highest BCUT2D eigenvalue weighted by Gasteiger charge is 2.38. The van der Waals surface area contributed by atoms with E-state index in [0.717, 1.165) is 38.8 Å². The Labute approximate surface area is 127 Å². The molecule has 0 amide bonds. The van der Waals surface area contributed by atoms with Gasteiger partial charge in [-0.3, -0.25) is 16.2 Å². The van der Waals surface area contributed by atoms with Crippen LogP contribution in [-0.4, -0.2) is 29.6 Å². The zero-order chi connectivity index (χ0) is 15.4. The van der Waals surface area contributed by atoms with E-state index >= 15 is 0 Å². The van der Waals surface area contributed by atoms with Crippen LogP contribution in [0.5, 0.6) is 0 Å². The molecule has 0 aromatic carbocycles. The fraction of sp³-hybridized carbons (Fsp3) is 0.882. The molecule has 0 rings (SSSR count).